The highest BCUT2D eigenvalue weighted by Crippen LogP contribution is 2.43. The Labute approximate surface area is 463 Å². The second-order valence-corrected chi connectivity index (χ2v) is 19.1. The number of hydrogen-bond donors (Lipinski definition) is 8. The van der Waals surface area contributed by atoms with Crippen molar-refractivity contribution in [2.24, 2.45) is 0 Å². The Bertz CT molecular complexity index is 3680. The average Bonchev–Trinajstić information content (AvgIpc) is 3.68. The molecule has 0 saturated carbocycles. The van der Waals surface area contributed by atoms with Gasteiger partial charge in [-0.15, -0.1) is 0 Å². The molecule has 0 aliphatic rings. The maximum absolute atomic E-state index is 12.0. The molecule has 0 heterocycles. The van der Waals surface area contributed by atoms with E-state index in [0.717, 1.165) is 35.0 Å². The number of carboxylic acids is 8. The summed E-state index contributed by atoms with van der Waals surface area (Å²) in [4.78, 5) is 96.3. The van der Waals surface area contributed by atoms with Crippen LogP contribution in [0.2, 0.25) is 0 Å². The second kappa shape index (κ2) is 21.6. The fourth-order valence-electron chi connectivity index (χ4n) is 9.84. The molecule has 10 aromatic rings. The van der Waals surface area contributed by atoms with Crippen molar-refractivity contribution in [1.29, 1.82) is 0 Å². The van der Waals surface area contributed by atoms with Crippen molar-refractivity contribution in [3.05, 3.63) is 239 Å². The van der Waals surface area contributed by atoms with Gasteiger partial charge in [-0.3, -0.25) is 0 Å². The molecule has 0 atom stereocenters. The van der Waals surface area contributed by atoms with Gasteiger partial charge in [0.15, 0.2) is 0 Å². The van der Waals surface area contributed by atoms with Crippen LogP contribution in [0.3, 0.4) is 0 Å². The minimum absolute atomic E-state index is 0.214. The average molecular weight is 1090 g/mol. The Morgan fingerprint density at radius 3 is 0.439 bits per heavy atom. The Morgan fingerprint density at radius 1 is 0.171 bits per heavy atom. The number of rotatable bonds is 16. The molecule has 82 heavy (non-hydrogen) atoms. The molecule has 16 heteroatoms. The zero-order valence-corrected chi connectivity index (χ0v) is 42.3. The third kappa shape index (κ3) is 10.9. The molecular weight excluding hydrogens is 1050 g/mol. The molecule has 0 amide bonds. The van der Waals surface area contributed by atoms with E-state index in [-0.39, 0.29) is 44.5 Å². The molecule has 8 N–H and O–H groups in total. The topological polar surface area (TPSA) is 298 Å². The lowest BCUT2D eigenvalue weighted by Crippen LogP contribution is -2.03. The molecular formula is C66H40O16. The number of fused-ring (bicyclic) bond motifs is 1. The van der Waals surface area contributed by atoms with Crippen LogP contribution < -0.4 is 0 Å². The SMILES string of the molecule is O=C(O)c1cc(C(=O)O)cc(-c2ccc(-c3cc4cc(-c5ccc(-c6cc(C(=O)O)cc(C(=O)O)c6)cc5)c(-c5ccc(-c6cc(C(=O)O)cc(C(=O)O)c6)cc5)cc4cc3-c3ccc(-c4cc(C(=O)O)cc(C(=O)O)c4)cc3)cc2)c1. The Balaban J connectivity index is 1.17. The fourth-order valence-corrected chi connectivity index (χ4v) is 9.84. The van der Waals surface area contributed by atoms with E-state index in [2.05, 4.69) is 0 Å². The summed E-state index contributed by atoms with van der Waals surface area (Å²) in [7, 11) is 0. The van der Waals surface area contributed by atoms with E-state index in [1.54, 1.807) is 48.5 Å². The molecule has 0 bridgehead atoms. The standard InChI is InChI=1S/C66H40O16/c67-59(68)47-17-41(18-48(25-47)60(69)70)33-1-9-37(10-2-33)55-29-45-31-57(39-13-5-35(6-14-39)43-21-51(63(75)76)27-52(22-43)64(77)78)58(40-15-7-36(8-16-40)44-23-53(65(79)80)28-54(24-44)66(81)82)32-46(45)30-56(55)38-11-3-34(4-12-38)42-19-49(61(71)72)26-50(20-42)62(73)74/h1-32H,(H,67,68)(H,69,70)(H,71,72)(H,73,74)(H,75,76)(H,77,78)(H,79,80)(H,81,82). The van der Waals surface area contributed by atoms with Crippen LogP contribution >= 0.6 is 0 Å². The van der Waals surface area contributed by atoms with Crippen LogP contribution in [0, 0.1) is 0 Å². The van der Waals surface area contributed by atoms with Crippen molar-refractivity contribution in [2.75, 3.05) is 0 Å². The summed E-state index contributed by atoms with van der Waals surface area (Å²) < 4.78 is 0. The molecule has 400 valence electrons. The van der Waals surface area contributed by atoms with Crippen molar-refractivity contribution >= 4 is 58.5 Å². The first-order chi connectivity index (χ1) is 39.2. The minimum Gasteiger partial charge on any atom is -0.478 e. The van der Waals surface area contributed by atoms with Gasteiger partial charge in [-0.05, 0) is 197 Å². The first kappa shape index (κ1) is 53.6. The maximum Gasteiger partial charge on any atom is 0.335 e. The maximum atomic E-state index is 12.0. The van der Waals surface area contributed by atoms with E-state index in [1.807, 2.05) is 72.8 Å². The molecule has 0 aliphatic heterocycles. The number of carboxylic acid groups (broad SMARTS) is 8. The molecule has 0 aliphatic carbocycles. The van der Waals surface area contributed by atoms with Crippen LogP contribution in [0.25, 0.3) is 99.8 Å². The van der Waals surface area contributed by atoms with Crippen molar-refractivity contribution < 1.29 is 79.2 Å². The van der Waals surface area contributed by atoms with Gasteiger partial charge < -0.3 is 40.9 Å². The van der Waals surface area contributed by atoms with Crippen molar-refractivity contribution in [3.8, 4) is 89.0 Å². The summed E-state index contributed by atoms with van der Waals surface area (Å²) in [5.41, 5.74) is 7.34. The largest absolute Gasteiger partial charge is 0.478 e. The van der Waals surface area contributed by atoms with Crippen LogP contribution in [0.1, 0.15) is 82.9 Å². The van der Waals surface area contributed by atoms with Crippen LogP contribution in [0.4, 0.5) is 0 Å². The predicted molar refractivity (Wildman–Crippen MR) is 303 cm³/mol. The van der Waals surface area contributed by atoms with Gasteiger partial charge in [-0.1, -0.05) is 97.1 Å². The first-order valence-electron chi connectivity index (χ1n) is 24.7. The summed E-state index contributed by atoms with van der Waals surface area (Å²) in [6.07, 6.45) is 0. The molecule has 16 nitrogen and oxygen atoms in total. The van der Waals surface area contributed by atoms with Gasteiger partial charge in [0.05, 0.1) is 44.5 Å². The third-order valence-electron chi connectivity index (χ3n) is 13.9. The van der Waals surface area contributed by atoms with Crippen LogP contribution in [-0.2, 0) is 0 Å². The number of aromatic carboxylic acids is 8. The lowest BCUT2D eigenvalue weighted by atomic mass is 9.86. The van der Waals surface area contributed by atoms with Gasteiger partial charge in [0, 0.05) is 0 Å². The van der Waals surface area contributed by atoms with Gasteiger partial charge in [-0.2, -0.15) is 0 Å². The Kier molecular flexibility index (Phi) is 14.1. The molecule has 0 aromatic heterocycles. The zero-order valence-electron chi connectivity index (χ0n) is 42.3. The highest BCUT2D eigenvalue weighted by atomic mass is 16.4. The van der Waals surface area contributed by atoms with E-state index in [0.29, 0.717) is 89.0 Å². The zero-order chi connectivity index (χ0) is 58.3. The highest BCUT2D eigenvalue weighted by Gasteiger charge is 2.20. The predicted octanol–water partition coefficient (Wildman–Crippen LogP) is 13.8. The summed E-state index contributed by atoms with van der Waals surface area (Å²) in [6.45, 7) is 0. The van der Waals surface area contributed by atoms with E-state index in [1.165, 1.54) is 48.5 Å². The van der Waals surface area contributed by atoms with Crippen LogP contribution in [-0.4, -0.2) is 88.6 Å². The van der Waals surface area contributed by atoms with Crippen molar-refractivity contribution in [1.82, 2.24) is 0 Å². The monoisotopic (exact) mass is 1090 g/mol. The fraction of sp³-hybridized carbons (Fsp3) is 0. The summed E-state index contributed by atoms with van der Waals surface area (Å²) in [5, 5.41) is 79.9. The highest BCUT2D eigenvalue weighted by molar-refractivity contribution is 6.04. The number of benzene rings is 10. The van der Waals surface area contributed by atoms with Crippen molar-refractivity contribution in [2.45, 2.75) is 0 Å². The number of carbonyl (C=O) groups is 8. The molecule has 0 fully saturated rings. The number of hydrogen-bond acceptors (Lipinski definition) is 8. The second-order valence-electron chi connectivity index (χ2n) is 19.1. The summed E-state index contributed by atoms with van der Waals surface area (Å²) in [5.74, 6) is -10.4. The Morgan fingerprint density at radius 2 is 0.305 bits per heavy atom. The van der Waals surface area contributed by atoms with Crippen LogP contribution in [0.15, 0.2) is 194 Å². The third-order valence-corrected chi connectivity index (χ3v) is 13.9. The van der Waals surface area contributed by atoms with Gasteiger partial charge >= 0.3 is 47.8 Å². The van der Waals surface area contributed by atoms with E-state index < -0.39 is 47.8 Å². The van der Waals surface area contributed by atoms with E-state index in [9.17, 15) is 79.2 Å². The van der Waals surface area contributed by atoms with Gasteiger partial charge in [0.1, 0.15) is 0 Å². The molecule has 0 spiro atoms. The van der Waals surface area contributed by atoms with E-state index in [4.69, 9.17) is 0 Å². The molecule has 10 rings (SSSR count). The Hall–Kier alpha value is -11.8. The summed E-state index contributed by atoms with van der Waals surface area (Å²) in [6, 6.07) is 51.6. The lowest BCUT2D eigenvalue weighted by molar-refractivity contribution is 0.0676. The van der Waals surface area contributed by atoms with Crippen molar-refractivity contribution in [3.63, 3.8) is 0 Å². The van der Waals surface area contributed by atoms with E-state index >= 15 is 0 Å². The lowest BCUT2D eigenvalue weighted by Gasteiger charge is -2.18. The van der Waals surface area contributed by atoms with Gasteiger partial charge in [0.25, 0.3) is 0 Å². The minimum atomic E-state index is -1.31. The molecule has 0 saturated heterocycles. The molecule has 10 aromatic carbocycles. The van der Waals surface area contributed by atoms with Gasteiger partial charge in [0.2, 0.25) is 0 Å². The quantitative estimate of drug-likeness (QED) is 0.0446. The first-order valence-corrected chi connectivity index (χ1v) is 24.7. The van der Waals surface area contributed by atoms with Crippen LogP contribution in [0.5, 0.6) is 0 Å². The smallest absolute Gasteiger partial charge is 0.335 e. The molecule has 0 unspecified atom stereocenters. The summed E-state index contributed by atoms with van der Waals surface area (Å²) >= 11 is 0. The normalized spacial score (nSPS) is 11.0. The molecule has 0 radical (unpaired) electrons. The van der Waals surface area contributed by atoms with Gasteiger partial charge in [-0.25, -0.2) is 38.4 Å².